The highest BCUT2D eigenvalue weighted by atomic mass is 16.5. The molecule has 1 aliphatic rings. The molecule has 2 amide bonds. The van der Waals surface area contributed by atoms with Crippen LogP contribution in [0.4, 0.5) is 10.5 Å². The van der Waals surface area contributed by atoms with Crippen LogP contribution in [0.15, 0.2) is 24.3 Å². The van der Waals surface area contributed by atoms with E-state index in [1.807, 2.05) is 24.3 Å². The molecule has 1 unspecified atom stereocenters. The molecule has 0 aliphatic carbocycles. The molecule has 0 fully saturated rings. The van der Waals surface area contributed by atoms with Crippen LogP contribution in [0.5, 0.6) is 0 Å². The van der Waals surface area contributed by atoms with E-state index in [1.165, 1.54) is 0 Å². The van der Waals surface area contributed by atoms with Gasteiger partial charge in [-0.3, -0.25) is 4.79 Å². The Labute approximate surface area is 111 Å². The Morgan fingerprint density at radius 3 is 3.05 bits per heavy atom. The fraction of sp³-hybridized carbons (Fsp3) is 0.385. The van der Waals surface area contributed by atoms with Crippen molar-refractivity contribution in [1.29, 1.82) is 0 Å². The maximum absolute atomic E-state index is 12.0. The van der Waals surface area contributed by atoms with E-state index in [0.717, 1.165) is 17.7 Å². The van der Waals surface area contributed by atoms with Gasteiger partial charge in [-0.25, -0.2) is 4.79 Å². The molecule has 0 aromatic heterocycles. The lowest BCUT2D eigenvalue weighted by atomic mass is 10.1. The Bertz CT molecular complexity index is 476. The van der Waals surface area contributed by atoms with Crippen LogP contribution in [0.25, 0.3) is 0 Å². The van der Waals surface area contributed by atoms with Crippen LogP contribution in [0.1, 0.15) is 12.0 Å². The zero-order chi connectivity index (χ0) is 13.7. The predicted molar refractivity (Wildman–Crippen MR) is 70.7 cm³/mol. The van der Waals surface area contributed by atoms with Crippen molar-refractivity contribution < 1.29 is 14.3 Å². The molecule has 102 valence electrons. The number of para-hydroxylation sites is 1. The monoisotopic (exact) mass is 263 g/mol. The number of anilines is 1. The third-order valence-corrected chi connectivity index (χ3v) is 3.03. The molecular formula is C13H17N3O3. The number of hydrogen-bond donors (Lipinski definition) is 3. The number of benzene rings is 1. The van der Waals surface area contributed by atoms with Crippen molar-refractivity contribution in [1.82, 2.24) is 5.32 Å². The first-order valence-electron chi connectivity index (χ1n) is 6.21. The second-order valence-electron chi connectivity index (χ2n) is 4.36. The fourth-order valence-electron chi connectivity index (χ4n) is 2.09. The second kappa shape index (κ2) is 6.19. The number of carbonyl (C=O) groups is 2. The first kappa shape index (κ1) is 13.4. The summed E-state index contributed by atoms with van der Waals surface area (Å²) in [7, 11) is 0. The molecule has 0 saturated carbocycles. The molecule has 0 radical (unpaired) electrons. The molecule has 0 bridgehead atoms. The molecule has 1 atom stereocenters. The number of ether oxygens (including phenoxy) is 1. The first-order valence-corrected chi connectivity index (χ1v) is 6.21. The maximum atomic E-state index is 12.0. The van der Waals surface area contributed by atoms with Gasteiger partial charge in [0.2, 0.25) is 5.91 Å². The molecule has 4 N–H and O–H groups in total. The van der Waals surface area contributed by atoms with E-state index in [0.29, 0.717) is 13.0 Å². The van der Waals surface area contributed by atoms with Crippen LogP contribution in [0.3, 0.4) is 0 Å². The topological polar surface area (TPSA) is 93.5 Å². The quantitative estimate of drug-likeness (QED) is 0.694. The normalized spacial score (nSPS) is 18.1. The summed E-state index contributed by atoms with van der Waals surface area (Å²) in [4.78, 5) is 22.4. The van der Waals surface area contributed by atoms with Gasteiger partial charge in [-0.1, -0.05) is 18.2 Å². The van der Waals surface area contributed by atoms with Crippen molar-refractivity contribution in [3.05, 3.63) is 29.8 Å². The summed E-state index contributed by atoms with van der Waals surface area (Å²) in [5.41, 5.74) is 6.85. The SMILES string of the molecule is NC(=O)OCCNC1CCc2ccccc2NC1=O. The van der Waals surface area contributed by atoms with Crippen LogP contribution in [-0.4, -0.2) is 31.2 Å². The van der Waals surface area contributed by atoms with Crippen LogP contribution in [0.2, 0.25) is 0 Å². The molecule has 1 aliphatic heterocycles. The van der Waals surface area contributed by atoms with Gasteiger partial charge in [0, 0.05) is 12.2 Å². The molecule has 0 spiro atoms. The fourth-order valence-corrected chi connectivity index (χ4v) is 2.09. The van der Waals surface area contributed by atoms with Crippen LogP contribution < -0.4 is 16.4 Å². The molecular weight excluding hydrogens is 246 g/mol. The Morgan fingerprint density at radius 2 is 2.26 bits per heavy atom. The van der Waals surface area contributed by atoms with E-state index < -0.39 is 6.09 Å². The number of carbonyl (C=O) groups excluding carboxylic acids is 2. The standard InChI is InChI=1S/C13H17N3O3/c14-13(18)19-8-7-15-11-6-5-9-3-1-2-4-10(9)16-12(11)17/h1-4,11,15H,5-8H2,(H2,14,18)(H,16,17). The van der Waals surface area contributed by atoms with Crippen molar-refractivity contribution in [2.75, 3.05) is 18.5 Å². The van der Waals surface area contributed by atoms with E-state index in [2.05, 4.69) is 15.4 Å². The van der Waals surface area contributed by atoms with Crippen molar-refractivity contribution >= 4 is 17.7 Å². The summed E-state index contributed by atoms with van der Waals surface area (Å²) in [5, 5.41) is 5.95. The highest BCUT2D eigenvalue weighted by Gasteiger charge is 2.22. The van der Waals surface area contributed by atoms with E-state index in [1.54, 1.807) is 0 Å². The number of amides is 2. The highest BCUT2D eigenvalue weighted by molar-refractivity contribution is 5.96. The smallest absolute Gasteiger partial charge is 0.404 e. The van der Waals surface area contributed by atoms with Crippen LogP contribution >= 0.6 is 0 Å². The van der Waals surface area contributed by atoms with Gasteiger partial charge in [0.15, 0.2) is 0 Å². The summed E-state index contributed by atoms with van der Waals surface area (Å²) >= 11 is 0. The maximum Gasteiger partial charge on any atom is 0.404 e. The number of hydrogen-bond acceptors (Lipinski definition) is 4. The van der Waals surface area contributed by atoms with E-state index in [9.17, 15) is 9.59 Å². The third kappa shape index (κ3) is 3.69. The molecule has 6 nitrogen and oxygen atoms in total. The lowest BCUT2D eigenvalue weighted by Crippen LogP contribution is -2.41. The zero-order valence-electron chi connectivity index (χ0n) is 10.5. The van der Waals surface area contributed by atoms with Gasteiger partial charge < -0.3 is 21.1 Å². The second-order valence-corrected chi connectivity index (χ2v) is 4.36. The highest BCUT2D eigenvalue weighted by Crippen LogP contribution is 2.21. The number of rotatable bonds is 4. The molecule has 2 rings (SSSR count). The molecule has 1 aromatic carbocycles. The molecule has 1 heterocycles. The third-order valence-electron chi connectivity index (χ3n) is 3.03. The van der Waals surface area contributed by atoms with E-state index >= 15 is 0 Å². The van der Waals surface area contributed by atoms with Crippen LogP contribution in [0, 0.1) is 0 Å². The Kier molecular flexibility index (Phi) is 4.35. The van der Waals surface area contributed by atoms with Gasteiger partial charge >= 0.3 is 6.09 Å². The largest absolute Gasteiger partial charge is 0.448 e. The average Bonchev–Trinajstić information content (AvgIpc) is 2.53. The minimum Gasteiger partial charge on any atom is -0.448 e. The summed E-state index contributed by atoms with van der Waals surface area (Å²) in [6.45, 7) is 0.559. The van der Waals surface area contributed by atoms with Crippen LogP contribution in [-0.2, 0) is 16.0 Å². The Morgan fingerprint density at radius 1 is 1.47 bits per heavy atom. The summed E-state index contributed by atoms with van der Waals surface area (Å²) in [6, 6.07) is 7.47. The van der Waals surface area contributed by atoms with Gasteiger partial charge in [-0.2, -0.15) is 0 Å². The molecule has 19 heavy (non-hydrogen) atoms. The summed E-state index contributed by atoms with van der Waals surface area (Å²) < 4.78 is 4.61. The van der Waals surface area contributed by atoms with Gasteiger partial charge in [-0.15, -0.1) is 0 Å². The van der Waals surface area contributed by atoms with Gasteiger partial charge in [-0.05, 0) is 24.5 Å². The lowest BCUT2D eigenvalue weighted by Gasteiger charge is -2.14. The summed E-state index contributed by atoms with van der Waals surface area (Å²) in [6.07, 6.45) is 0.724. The zero-order valence-corrected chi connectivity index (χ0v) is 10.5. The number of primary amides is 1. The lowest BCUT2D eigenvalue weighted by molar-refractivity contribution is -0.118. The minimum atomic E-state index is -0.806. The minimum absolute atomic E-state index is 0.0657. The number of aryl methyl sites for hydroxylation is 1. The van der Waals surface area contributed by atoms with Crippen molar-refractivity contribution in [3.63, 3.8) is 0 Å². The van der Waals surface area contributed by atoms with Gasteiger partial charge in [0.25, 0.3) is 0 Å². The van der Waals surface area contributed by atoms with Gasteiger partial charge in [0.1, 0.15) is 6.61 Å². The molecule has 0 saturated heterocycles. The van der Waals surface area contributed by atoms with Crippen molar-refractivity contribution in [3.8, 4) is 0 Å². The molecule has 6 heteroatoms. The number of nitrogens with one attached hydrogen (secondary N) is 2. The molecule has 1 aromatic rings. The van der Waals surface area contributed by atoms with E-state index in [-0.39, 0.29) is 18.6 Å². The number of nitrogens with two attached hydrogens (primary N) is 1. The predicted octanol–water partition coefficient (Wildman–Crippen LogP) is 0.625. The average molecular weight is 263 g/mol. The Hall–Kier alpha value is -2.08. The van der Waals surface area contributed by atoms with Crippen molar-refractivity contribution in [2.45, 2.75) is 18.9 Å². The first-order chi connectivity index (χ1) is 9.16. The number of fused-ring (bicyclic) bond motifs is 1. The summed E-state index contributed by atoms with van der Waals surface area (Å²) in [5.74, 6) is -0.0657. The van der Waals surface area contributed by atoms with Gasteiger partial charge in [0.05, 0.1) is 6.04 Å². The van der Waals surface area contributed by atoms with E-state index in [4.69, 9.17) is 5.73 Å². The Balaban J connectivity index is 1.88. The van der Waals surface area contributed by atoms with Crippen molar-refractivity contribution in [2.24, 2.45) is 5.73 Å².